The monoisotopic (exact) mass is 280 g/mol. The van der Waals surface area contributed by atoms with Gasteiger partial charge in [-0.25, -0.2) is 4.98 Å². The van der Waals surface area contributed by atoms with E-state index in [1.54, 1.807) is 4.52 Å². The molecule has 3 aromatic rings. The SMILES string of the molecule is CCc1nc2c(-c3ccc(C)cc3C)cc(C)nn2c1N. The topological polar surface area (TPSA) is 56.2 Å². The number of nitrogens with zero attached hydrogens (tertiary/aromatic N) is 3. The maximum atomic E-state index is 6.17. The molecule has 0 aliphatic heterocycles. The minimum atomic E-state index is 0.641. The summed E-state index contributed by atoms with van der Waals surface area (Å²) in [6.07, 6.45) is 0.806. The maximum Gasteiger partial charge on any atom is 0.164 e. The third-order valence-electron chi connectivity index (χ3n) is 3.82. The lowest BCUT2D eigenvalue weighted by Crippen LogP contribution is -2.02. The molecule has 4 nitrogen and oxygen atoms in total. The van der Waals surface area contributed by atoms with E-state index >= 15 is 0 Å². The number of nitrogens with two attached hydrogens (primary N) is 1. The van der Waals surface area contributed by atoms with Gasteiger partial charge >= 0.3 is 0 Å². The van der Waals surface area contributed by atoms with Crippen LogP contribution in [0.15, 0.2) is 24.3 Å². The van der Waals surface area contributed by atoms with Crippen LogP contribution < -0.4 is 5.73 Å². The number of imidazole rings is 1. The molecule has 3 rings (SSSR count). The largest absolute Gasteiger partial charge is 0.382 e. The first-order chi connectivity index (χ1) is 10.0. The van der Waals surface area contributed by atoms with Crippen LogP contribution in [-0.4, -0.2) is 14.6 Å². The summed E-state index contributed by atoms with van der Waals surface area (Å²) in [6, 6.07) is 8.55. The third kappa shape index (κ3) is 2.17. The van der Waals surface area contributed by atoms with Crippen LogP contribution in [0.4, 0.5) is 5.82 Å². The molecule has 4 heteroatoms. The van der Waals surface area contributed by atoms with Crippen LogP contribution in [0.5, 0.6) is 0 Å². The molecule has 2 N–H and O–H groups in total. The first kappa shape index (κ1) is 13.6. The molecule has 21 heavy (non-hydrogen) atoms. The van der Waals surface area contributed by atoms with Gasteiger partial charge in [-0.05, 0) is 44.4 Å². The number of hydrogen-bond acceptors (Lipinski definition) is 3. The molecule has 108 valence electrons. The number of benzene rings is 1. The molecule has 2 heterocycles. The fraction of sp³-hybridized carbons (Fsp3) is 0.294. The standard InChI is InChI=1S/C17H20N4/c1-5-15-16(18)21-17(19-15)14(9-12(4)20-21)13-7-6-10(2)8-11(13)3/h6-9H,5,18H2,1-4H3. The average molecular weight is 280 g/mol. The zero-order chi connectivity index (χ0) is 15.1. The zero-order valence-electron chi connectivity index (χ0n) is 12.9. The molecule has 0 aliphatic carbocycles. The number of anilines is 1. The molecule has 0 fully saturated rings. The highest BCUT2D eigenvalue weighted by Gasteiger charge is 2.15. The summed E-state index contributed by atoms with van der Waals surface area (Å²) in [4.78, 5) is 4.69. The number of nitrogen functional groups attached to an aromatic ring is 1. The Bertz CT molecular complexity index is 830. The lowest BCUT2D eigenvalue weighted by Gasteiger charge is -2.09. The molecular formula is C17H20N4. The summed E-state index contributed by atoms with van der Waals surface area (Å²) in [7, 11) is 0. The van der Waals surface area contributed by atoms with Gasteiger partial charge in [0.2, 0.25) is 0 Å². The second-order valence-corrected chi connectivity index (χ2v) is 5.55. The van der Waals surface area contributed by atoms with Gasteiger partial charge in [0.25, 0.3) is 0 Å². The molecule has 1 aromatic carbocycles. The van der Waals surface area contributed by atoms with Crippen LogP contribution >= 0.6 is 0 Å². The van der Waals surface area contributed by atoms with Crippen molar-refractivity contribution in [3.05, 3.63) is 46.8 Å². The van der Waals surface area contributed by atoms with E-state index in [1.807, 2.05) is 6.92 Å². The van der Waals surface area contributed by atoms with Crippen molar-refractivity contribution in [2.75, 3.05) is 5.73 Å². The van der Waals surface area contributed by atoms with Gasteiger partial charge < -0.3 is 5.73 Å². The Morgan fingerprint density at radius 1 is 1.10 bits per heavy atom. The van der Waals surface area contributed by atoms with Crippen molar-refractivity contribution in [3.8, 4) is 11.1 Å². The summed E-state index contributed by atoms with van der Waals surface area (Å²) >= 11 is 0. The Kier molecular flexibility index (Phi) is 3.16. The molecule has 0 saturated heterocycles. The predicted octanol–water partition coefficient (Wildman–Crippen LogP) is 3.47. The summed E-state index contributed by atoms with van der Waals surface area (Å²) in [5.41, 5.74) is 13.6. The van der Waals surface area contributed by atoms with Crippen molar-refractivity contribution in [2.45, 2.75) is 34.1 Å². The molecular weight excluding hydrogens is 260 g/mol. The normalized spacial score (nSPS) is 11.2. The van der Waals surface area contributed by atoms with Crippen LogP contribution in [0.3, 0.4) is 0 Å². The Balaban J connectivity index is 2.36. The van der Waals surface area contributed by atoms with Crippen molar-refractivity contribution in [2.24, 2.45) is 0 Å². The molecule has 2 aromatic heterocycles. The lowest BCUT2D eigenvalue weighted by molar-refractivity contribution is 0.909. The van der Waals surface area contributed by atoms with Crippen LogP contribution in [0.2, 0.25) is 0 Å². The predicted molar refractivity (Wildman–Crippen MR) is 86.4 cm³/mol. The maximum absolute atomic E-state index is 6.17. The van der Waals surface area contributed by atoms with Crippen LogP contribution in [0.1, 0.15) is 29.4 Å². The van der Waals surface area contributed by atoms with E-state index in [0.717, 1.165) is 29.0 Å². The molecule has 0 aliphatic rings. The van der Waals surface area contributed by atoms with Gasteiger partial charge in [0, 0.05) is 5.56 Å². The molecule has 0 radical (unpaired) electrons. The zero-order valence-corrected chi connectivity index (χ0v) is 12.9. The van der Waals surface area contributed by atoms with Crippen molar-refractivity contribution in [3.63, 3.8) is 0 Å². The van der Waals surface area contributed by atoms with Gasteiger partial charge in [-0.2, -0.15) is 9.61 Å². The average Bonchev–Trinajstić information content (AvgIpc) is 2.75. The highest BCUT2D eigenvalue weighted by Crippen LogP contribution is 2.30. The minimum absolute atomic E-state index is 0.641. The van der Waals surface area contributed by atoms with Crippen molar-refractivity contribution >= 4 is 11.5 Å². The summed E-state index contributed by atoms with van der Waals surface area (Å²) in [5, 5.41) is 4.51. The summed E-state index contributed by atoms with van der Waals surface area (Å²) in [5.74, 6) is 0.641. The van der Waals surface area contributed by atoms with E-state index in [1.165, 1.54) is 16.7 Å². The Morgan fingerprint density at radius 2 is 1.86 bits per heavy atom. The summed E-state index contributed by atoms with van der Waals surface area (Å²) in [6.45, 7) is 8.27. The van der Waals surface area contributed by atoms with Gasteiger partial charge in [-0.1, -0.05) is 30.7 Å². The number of aryl methyl sites for hydroxylation is 4. The first-order valence-corrected chi connectivity index (χ1v) is 7.23. The van der Waals surface area contributed by atoms with Gasteiger partial charge in [-0.15, -0.1) is 0 Å². The van der Waals surface area contributed by atoms with Gasteiger partial charge in [0.05, 0.1) is 11.4 Å². The number of fused-ring (bicyclic) bond motifs is 1. The fourth-order valence-corrected chi connectivity index (χ4v) is 2.78. The van der Waals surface area contributed by atoms with Crippen LogP contribution in [-0.2, 0) is 6.42 Å². The Labute approximate surface area is 124 Å². The second-order valence-electron chi connectivity index (χ2n) is 5.55. The Morgan fingerprint density at radius 3 is 2.52 bits per heavy atom. The quantitative estimate of drug-likeness (QED) is 0.782. The summed E-state index contributed by atoms with van der Waals surface area (Å²) < 4.78 is 1.77. The van der Waals surface area contributed by atoms with Crippen molar-refractivity contribution in [1.82, 2.24) is 14.6 Å². The van der Waals surface area contributed by atoms with Gasteiger partial charge in [0.15, 0.2) is 5.65 Å². The van der Waals surface area contributed by atoms with Crippen LogP contribution in [0.25, 0.3) is 16.8 Å². The van der Waals surface area contributed by atoms with E-state index in [9.17, 15) is 0 Å². The number of rotatable bonds is 2. The smallest absolute Gasteiger partial charge is 0.164 e. The Hall–Kier alpha value is -2.36. The molecule has 0 unspecified atom stereocenters. The first-order valence-electron chi connectivity index (χ1n) is 7.23. The minimum Gasteiger partial charge on any atom is -0.382 e. The van der Waals surface area contributed by atoms with E-state index in [-0.39, 0.29) is 0 Å². The van der Waals surface area contributed by atoms with Gasteiger partial charge in [0.1, 0.15) is 5.82 Å². The van der Waals surface area contributed by atoms with Crippen LogP contribution in [0, 0.1) is 20.8 Å². The molecule has 0 bridgehead atoms. The van der Waals surface area contributed by atoms with Gasteiger partial charge in [-0.3, -0.25) is 0 Å². The van der Waals surface area contributed by atoms with E-state index in [4.69, 9.17) is 5.73 Å². The second kappa shape index (κ2) is 4.88. The van der Waals surface area contributed by atoms with E-state index < -0.39 is 0 Å². The molecule has 0 atom stereocenters. The molecule has 0 amide bonds. The van der Waals surface area contributed by atoms with E-state index in [0.29, 0.717) is 5.82 Å². The van der Waals surface area contributed by atoms with Crippen molar-refractivity contribution in [1.29, 1.82) is 0 Å². The fourth-order valence-electron chi connectivity index (χ4n) is 2.78. The highest BCUT2D eigenvalue weighted by atomic mass is 15.3. The lowest BCUT2D eigenvalue weighted by atomic mass is 9.99. The number of aromatic nitrogens is 3. The number of hydrogen-bond donors (Lipinski definition) is 1. The highest BCUT2D eigenvalue weighted by molar-refractivity contribution is 5.81. The van der Waals surface area contributed by atoms with Crippen molar-refractivity contribution < 1.29 is 0 Å². The molecule has 0 spiro atoms. The third-order valence-corrected chi connectivity index (χ3v) is 3.82. The molecule has 0 saturated carbocycles. The van der Waals surface area contributed by atoms with E-state index in [2.05, 4.69) is 55.1 Å².